The van der Waals surface area contributed by atoms with Gasteiger partial charge in [0.2, 0.25) is 0 Å². The van der Waals surface area contributed by atoms with E-state index in [1.165, 1.54) is 6.07 Å². The summed E-state index contributed by atoms with van der Waals surface area (Å²) in [5, 5.41) is 15.3. The van der Waals surface area contributed by atoms with Crippen LogP contribution in [0, 0.1) is 0 Å². The lowest BCUT2D eigenvalue weighted by Crippen LogP contribution is -2.25. The van der Waals surface area contributed by atoms with Gasteiger partial charge in [-0.05, 0) is 34.8 Å². The molecule has 0 radical (unpaired) electrons. The number of amides is 1. The summed E-state index contributed by atoms with van der Waals surface area (Å²) in [5.74, 6) is 0.328. The lowest BCUT2D eigenvalue weighted by molar-refractivity contribution is 0.0951. The second-order valence-electron chi connectivity index (χ2n) is 5.88. The molecule has 2 aromatic carbocycles. The van der Waals surface area contributed by atoms with Gasteiger partial charge < -0.3 is 14.6 Å². The standard InChI is InChI=1S/C20H19N3O4S/c24-19(16-9-4-8-15(12-16)14-6-2-1-3-7-14)21-10-5-11-26-18-13-17(27-23-18)20(28)22-25/h1-4,6-9,12-13,25H,5,10-11H2,(H,21,24)(H,22,28). The van der Waals surface area contributed by atoms with Crippen LogP contribution in [0.5, 0.6) is 5.88 Å². The van der Waals surface area contributed by atoms with Crippen molar-refractivity contribution in [2.75, 3.05) is 13.2 Å². The zero-order valence-corrected chi connectivity index (χ0v) is 15.7. The predicted molar refractivity (Wildman–Crippen MR) is 107 cm³/mol. The van der Waals surface area contributed by atoms with E-state index in [0.29, 0.717) is 25.1 Å². The fraction of sp³-hybridized carbons (Fsp3) is 0.150. The molecule has 0 aliphatic heterocycles. The Bertz CT molecular complexity index is 943. The minimum atomic E-state index is -0.138. The zero-order valence-electron chi connectivity index (χ0n) is 14.9. The van der Waals surface area contributed by atoms with E-state index >= 15 is 0 Å². The maximum absolute atomic E-state index is 12.3. The molecule has 0 saturated heterocycles. The van der Waals surface area contributed by atoms with Crippen LogP contribution in [0.15, 0.2) is 65.2 Å². The maximum Gasteiger partial charge on any atom is 0.254 e. The van der Waals surface area contributed by atoms with E-state index in [2.05, 4.69) is 10.5 Å². The number of benzene rings is 2. The second-order valence-corrected chi connectivity index (χ2v) is 6.28. The van der Waals surface area contributed by atoms with E-state index in [1.807, 2.05) is 54.0 Å². The van der Waals surface area contributed by atoms with Crippen LogP contribution in [0.1, 0.15) is 22.5 Å². The number of carbonyl (C=O) groups excluding carboxylic acids is 1. The molecule has 1 heterocycles. The van der Waals surface area contributed by atoms with Gasteiger partial charge in [-0.25, -0.2) is 0 Å². The number of thiocarbonyl (C=S) groups is 1. The number of carbonyl (C=O) groups is 1. The number of hydrogen-bond donors (Lipinski definition) is 3. The lowest BCUT2D eigenvalue weighted by Gasteiger charge is -2.07. The van der Waals surface area contributed by atoms with Crippen molar-refractivity contribution in [1.29, 1.82) is 0 Å². The molecule has 8 heteroatoms. The lowest BCUT2D eigenvalue weighted by atomic mass is 10.0. The third-order valence-corrected chi connectivity index (χ3v) is 4.19. The molecule has 7 nitrogen and oxygen atoms in total. The van der Waals surface area contributed by atoms with Crippen molar-refractivity contribution >= 4 is 23.1 Å². The molecule has 0 saturated carbocycles. The molecule has 28 heavy (non-hydrogen) atoms. The summed E-state index contributed by atoms with van der Waals surface area (Å²) in [6, 6.07) is 18.9. The predicted octanol–water partition coefficient (Wildman–Crippen LogP) is 3.19. The van der Waals surface area contributed by atoms with Gasteiger partial charge in [0, 0.05) is 12.1 Å². The third-order valence-electron chi connectivity index (χ3n) is 3.90. The van der Waals surface area contributed by atoms with Crippen molar-refractivity contribution in [3.8, 4) is 17.0 Å². The fourth-order valence-electron chi connectivity index (χ4n) is 2.51. The first-order valence-electron chi connectivity index (χ1n) is 8.65. The van der Waals surface area contributed by atoms with Gasteiger partial charge in [-0.15, -0.1) is 0 Å². The summed E-state index contributed by atoms with van der Waals surface area (Å²) in [5.41, 5.74) is 4.47. The molecular formula is C20H19N3O4S. The van der Waals surface area contributed by atoms with Crippen molar-refractivity contribution in [2.45, 2.75) is 6.42 Å². The second kappa shape index (κ2) is 9.63. The number of hydroxylamine groups is 1. The number of nitrogens with zero attached hydrogens (tertiary/aromatic N) is 1. The zero-order chi connectivity index (χ0) is 19.8. The Balaban J connectivity index is 1.45. The first-order valence-corrected chi connectivity index (χ1v) is 9.06. The van der Waals surface area contributed by atoms with E-state index in [1.54, 1.807) is 6.07 Å². The summed E-state index contributed by atoms with van der Waals surface area (Å²) in [6.45, 7) is 0.797. The Kier molecular flexibility index (Phi) is 6.72. The molecule has 3 aromatic rings. The number of ether oxygens (including phenoxy) is 1. The highest BCUT2D eigenvalue weighted by Crippen LogP contribution is 2.20. The Labute approximate surface area is 167 Å². The van der Waals surface area contributed by atoms with Crippen LogP contribution >= 0.6 is 12.2 Å². The molecule has 3 N–H and O–H groups in total. The third kappa shape index (κ3) is 5.15. The Hall–Kier alpha value is -3.23. The molecule has 0 aliphatic carbocycles. The number of nitrogens with one attached hydrogen (secondary N) is 2. The average molecular weight is 397 g/mol. The number of rotatable bonds is 8. The summed E-state index contributed by atoms with van der Waals surface area (Å²) >= 11 is 4.81. The van der Waals surface area contributed by atoms with Gasteiger partial charge in [-0.2, -0.15) is 0 Å². The van der Waals surface area contributed by atoms with Gasteiger partial charge in [-0.3, -0.25) is 15.5 Å². The number of aromatic nitrogens is 1. The van der Waals surface area contributed by atoms with Gasteiger partial charge in [-0.1, -0.05) is 54.7 Å². The summed E-state index contributed by atoms with van der Waals surface area (Å²) in [4.78, 5) is 12.4. The molecule has 144 valence electrons. The van der Waals surface area contributed by atoms with Crippen molar-refractivity contribution < 1.29 is 19.3 Å². The van der Waals surface area contributed by atoms with Gasteiger partial charge in [0.1, 0.15) is 0 Å². The Morgan fingerprint density at radius 3 is 2.68 bits per heavy atom. The molecule has 1 aromatic heterocycles. The molecule has 3 rings (SSSR count). The minimum Gasteiger partial charge on any atom is -0.475 e. The van der Waals surface area contributed by atoms with Crippen molar-refractivity contribution in [2.24, 2.45) is 0 Å². The van der Waals surface area contributed by atoms with Gasteiger partial charge in [0.05, 0.1) is 12.7 Å². The molecule has 0 bridgehead atoms. The highest BCUT2D eigenvalue weighted by molar-refractivity contribution is 7.80. The van der Waals surface area contributed by atoms with Gasteiger partial charge in [0.25, 0.3) is 11.8 Å². The first-order chi connectivity index (χ1) is 13.7. The van der Waals surface area contributed by atoms with Crippen molar-refractivity contribution in [1.82, 2.24) is 16.0 Å². The summed E-state index contributed by atoms with van der Waals surface area (Å²) < 4.78 is 10.3. The van der Waals surface area contributed by atoms with Crippen molar-refractivity contribution in [3.05, 3.63) is 72.0 Å². The Morgan fingerprint density at radius 2 is 1.89 bits per heavy atom. The SMILES string of the molecule is O=C(NCCCOc1cc(C(=S)NO)on1)c1cccc(-c2ccccc2)c1. The highest BCUT2D eigenvalue weighted by Gasteiger charge is 2.10. The molecule has 0 fully saturated rings. The average Bonchev–Trinajstić information content (AvgIpc) is 3.22. The van der Waals surface area contributed by atoms with Crippen LogP contribution in [0.25, 0.3) is 11.1 Å². The highest BCUT2D eigenvalue weighted by atomic mass is 32.1. The molecule has 1 amide bonds. The van der Waals surface area contributed by atoms with E-state index in [9.17, 15) is 4.79 Å². The molecule has 0 spiro atoms. The quantitative estimate of drug-likeness (QED) is 0.305. The molecule has 0 atom stereocenters. The minimum absolute atomic E-state index is 0.0207. The van der Waals surface area contributed by atoms with Crippen LogP contribution in [0.3, 0.4) is 0 Å². The van der Waals surface area contributed by atoms with Crippen LogP contribution < -0.4 is 15.5 Å². The monoisotopic (exact) mass is 397 g/mol. The van der Waals surface area contributed by atoms with E-state index in [0.717, 1.165) is 11.1 Å². The maximum atomic E-state index is 12.3. The molecule has 0 aliphatic rings. The largest absolute Gasteiger partial charge is 0.475 e. The Morgan fingerprint density at radius 1 is 1.11 bits per heavy atom. The van der Waals surface area contributed by atoms with Gasteiger partial charge in [0.15, 0.2) is 10.7 Å². The van der Waals surface area contributed by atoms with Crippen LogP contribution in [0.2, 0.25) is 0 Å². The fourth-order valence-corrected chi connectivity index (χ4v) is 2.61. The number of hydrogen-bond acceptors (Lipinski definition) is 6. The topological polar surface area (TPSA) is 96.6 Å². The van der Waals surface area contributed by atoms with Crippen molar-refractivity contribution in [3.63, 3.8) is 0 Å². The van der Waals surface area contributed by atoms with E-state index in [-0.39, 0.29) is 22.5 Å². The van der Waals surface area contributed by atoms with E-state index < -0.39 is 0 Å². The van der Waals surface area contributed by atoms with Crippen LogP contribution in [0.4, 0.5) is 0 Å². The summed E-state index contributed by atoms with van der Waals surface area (Å²) in [7, 11) is 0. The van der Waals surface area contributed by atoms with Crippen LogP contribution in [-0.2, 0) is 0 Å². The molecule has 0 unspecified atom stereocenters. The van der Waals surface area contributed by atoms with Gasteiger partial charge >= 0.3 is 0 Å². The summed E-state index contributed by atoms with van der Waals surface area (Å²) in [6.07, 6.45) is 0.592. The smallest absolute Gasteiger partial charge is 0.254 e. The first kappa shape index (κ1) is 19.5. The van der Waals surface area contributed by atoms with Crippen LogP contribution in [-0.4, -0.2) is 34.4 Å². The molecular weight excluding hydrogens is 378 g/mol. The van der Waals surface area contributed by atoms with E-state index in [4.69, 9.17) is 26.7 Å². The normalized spacial score (nSPS) is 10.3.